The van der Waals surface area contributed by atoms with Crippen molar-refractivity contribution < 1.29 is 5.11 Å². The Morgan fingerprint density at radius 2 is 2.21 bits per heavy atom. The summed E-state index contributed by atoms with van der Waals surface area (Å²) in [7, 11) is 2.04. The summed E-state index contributed by atoms with van der Waals surface area (Å²) in [5.41, 5.74) is 3.27. The average Bonchev–Trinajstić information content (AvgIpc) is 3.11. The van der Waals surface area contributed by atoms with E-state index >= 15 is 0 Å². The van der Waals surface area contributed by atoms with Crippen LogP contribution in [0.1, 0.15) is 24.1 Å². The number of nitrogens with zero attached hydrogens (tertiary/aromatic N) is 3. The second kappa shape index (κ2) is 4.94. The SMILES string of the molecule is Cc1ccc2nc(CN(C)CC(O)C3CC3)cn2c1. The predicted octanol–water partition coefficient (Wildman–Crippen LogP) is 1.85. The topological polar surface area (TPSA) is 40.8 Å². The Morgan fingerprint density at radius 3 is 2.95 bits per heavy atom. The van der Waals surface area contributed by atoms with Crippen LogP contribution in [0.2, 0.25) is 0 Å². The molecule has 4 nitrogen and oxygen atoms in total. The van der Waals surface area contributed by atoms with E-state index in [1.165, 1.54) is 18.4 Å². The first-order valence-electron chi connectivity index (χ1n) is 6.92. The molecule has 1 fully saturated rings. The van der Waals surface area contributed by atoms with E-state index in [0.29, 0.717) is 5.92 Å². The molecule has 2 aromatic rings. The van der Waals surface area contributed by atoms with Crippen LogP contribution in [0.3, 0.4) is 0 Å². The summed E-state index contributed by atoms with van der Waals surface area (Å²) < 4.78 is 2.07. The van der Waals surface area contributed by atoms with E-state index in [-0.39, 0.29) is 6.10 Å². The van der Waals surface area contributed by atoms with Crippen LogP contribution in [0.5, 0.6) is 0 Å². The van der Waals surface area contributed by atoms with E-state index < -0.39 is 0 Å². The molecule has 0 spiro atoms. The maximum Gasteiger partial charge on any atom is 0.137 e. The number of hydrogen-bond acceptors (Lipinski definition) is 3. The highest BCUT2D eigenvalue weighted by Crippen LogP contribution is 2.32. The standard InChI is InChI=1S/C15H21N3O/c1-11-3-6-15-16-13(9-18(15)7-11)8-17(2)10-14(19)12-4-5-12/h3,6-7,9,12,14,19H,4-5,8,10H2,1-2H3. The summed E-state index contributed by atoms with van der Waals surface area (Å²) in [5, 5.41) is 9.95. The van der Waals surface area contributed by atoms with Gasteiger partial charge in [-0.15, -0.1) is 0 Å². The maximum absolute atomic E-state index is 9.95. The summed E-state index contributed by atoms with van der Waals surface area (Å²) in [6.07, 6.45) is 6.35. The Bertz CT molecular complexity index is 574. The first-order valence-corrected chi connectivity index (χ1v) is 6.92. The second-order valence-electron chi connectivity index (χ2n) is 5.81. The van der Waals surface area contributed by atoms with E-state index in [2.05, 4.69) is 39.7 Å². The lowest BCUT2D eigenvalue weighted by atomic mass is 10.2. The highest BCUT2D eigenvalue weighted by Gasteiger charge is 2.30. The number of aliphatic hydroxyl groups excluding tert-OH is 1. The molecule has 19 heavy (non-hydrogen) atoms. The lowest BCUT2D eigenvalue weighted by molar-refractivity contribution is 0.104. The molecular formula is C15H21N3O. The van der Waals surface area contributed by atoms with Gasteiger partial charge in [0, 0.05) is 25.5 Å². The quantitative estimate of drug-likeness (QED) is 0.891. The van der Waals surface area contributed by atoms with Crippen LogP contribution in [-0.4, -0.2) is 39.1 Å². The summed E-state index contributed by atoms with van der Waals surface area (Å²) in [6, 6.07) is 4.12. The van der Waals surface area contributed by atoms with Crippen molar-refractivity contribution in [1.29, 1.82) is 0 Å². The molecule has 0 bridgehead atoms. The van der Waals surface area contributed by atoms with Gasteiger partial charge in [0.2, 0.25) is 0 Å². The summed E-state index contributed by atoms with van der Waals surface area (Å²) in [4.78, 5) is 6.75. The van der Waals surface area contributed by atoms with Gasteiger partial charge in [-0.1, -0.05) is 6.07 Å². The monoisotopic (exact) mass is 259 g/mol. The fourth-order valence-electron chi connectivity index (χ4n) is 2.52. The number of likely N-dealkylation sites (N-methyl/N-ethyl adjacent to an activating group) is 1. The van der Waals surface area contributed by atoms with Gasteiger partial charge in [0.1, 0.15) is 5.65 Å². The van der Waals surface area contributed by atoms with Gasteiger partial charge in [0.15, 0.2) is 0 Å². The molecule has 4 heteroatoms. The molecule has 1 atom stereocenters. The zero-order chi connectivity index (χ0) is 13.4. The summed E-state index contributed by atoms with van der Waals surface area (Å²) >= 11 is 0. The van der Waals surface area contributed by atoms with Gasteiger partial charge in [-0.2, -0.15) is 0 Å². The third-order valence-electron chi connectivity index (χ3n) is 3.75. The molecular weight excluding hydrogens is 238 g/mol. The number of aryl methyl sites for hydroxylation is 1. The van der Waals surface area contributed by atoms with Crippen molar-refractivity contribution in [3.05, 3.63) is 35.8 Å². The number of hydrogen-bond donors (Lipinski definition) is 1. The molecule has 1 saturated carbocycles. The molecule has 0 saturated heterocycles. The third-order valence-corrected chi connectivity index (χ3v) is 3.75. The first-order chi connectivity index (χ1) is 9.11. The van der Waals surface area contributed by atoms with Crippen LogP contribution in [0, 0.1) is 12.8 Å². The highest BCUT2D eigenvalue weighted by molar-refractivity contribution is 5.41. The number of aliphatic hydroxyl groups is 1. The van der Waals surface area contributed by atoms with Crippen molar-refractivity contribution in [3.63, 3.8) is 0 Å². The van der Waals surface area contributed by atoms with Gasteiger partial charge in [-0.25, -0.2) is 4.98 Å². The van der Waals surface area contributed by atoms with E-state index in [1.54, 1.807) is 0 Å². The van der Waals surface area contributed by atoms with Crippen molar-refractivity contribution in [2.75, 3.05) is 13.6 Å². The van der Waals surface area contributed by atoms with E-state index in [1.807, 2.05) is 13.1 Å². The molecule has 102 valence electrons. The first kappa shape index (κ1) is 12.6. The Hall–Kier alpha value is -1.39. The van der Waals surface area contributed by atoms with Crippen molar-refractivity contribution in [2.45, 2.75) is 32.4 Å². The molecule has 0 aromatic carbocycles. The Labute approximate surface area is 113 Å². The maximum atomic E-state index is 9.95. The van der Waals surface area contributed by atoms with Crippen LogP contribution in [0.15, 0.2) is 24.5 Å². The summed E-state index contributed by atoms with van der Waals surface area (Å²) in [6.45, 7) is 3.60. The van der Waals surface area contributed by atoms with Gasteiger partial charge >= 0.3 is 0 Å². The van der Waals surface area contributed by atoms with Crippen LogP contribution >= 0.6 is 0 Å². The van der Waals surface area contributed by atoms with Gasteiger partial charge in [-0.3, -0.25) is 4.90 Å². The van der Waals surface area contributed by atoms with Crippen molar-refractivity contribution in [3.8, 4) is 0 Å². The predicted molar refractivity (Wildman–Crippen MR) is 75.0 cm³/mol. The Morgan fingerprint density at radius 1 is 1.42 bits per heavy atom. The molecule has 0 aliphatic heterocycles. The number of pyridine rings is 1. The zero-order valence-corrected chi connectivity index (χ0v) is 11.6. The van der Waals surface area contributed by atoms with E-state index in [0.717, 1.165) is 24.4 Å². The van der Waals surface area contributed by atoms with E-state index in [4.69, 9.17) is 0 Å². The zero-order valence-electron chi connectivity index (χ0n) is 11.6. The fourth-order valence-corrected chi connectivity index (χ4v) is 2.52. The van der Waals surface area contributed by atoms with Crippen LogP contribution < -0.4 is 0 Å². The lowest BCUT2D eigenvalue weighted by Crippen LogP contribution is -2.30. The minimum Gasteiger partial charge on any atom is -0.392 e. The highest BCUT2D eigenvalue weighted by atomic mass is 16.3. The van der Waals surface area contributed by atoms with Gasteiger partial charge in [0.05, 0.1) is 11.8 Å². The Balaban J connectivity index is 1.66. The molecule has 0 amide bonds. The third kappa shape index (κ3) is 2.96. The van der Waals surface area contributed by atoms with Crippen molar-refractivity contribution in [1.82, 2.24) is 14.3 Å². The molecule has 2 heterocycles. The number of aromatic nitrogens is 2. The second-order valence-corrected chi connectivity index (χ2v) is 5.81. The smallest absolute Gasteiger partial charge is 0.137 e. The van der Waals surface area contributed by atoms with Crippen molar-refractivity contribution >= 4 is 5.65 Å². The van der Waals surface area contributed by atoms with Gasteiger partial charge in [-0.05, 0) is 44.4 Å². The number of rotatable bonds is 5. The lowest BCUT2D eigenvalue weighted by Gasteiger charge is -2.19. The van der Waals surface area contributed by atoms with Gasteiger partial charge in [0.25, 0.3) is 0 Å². The Kier molecular flexibility index (Phi) is 3.29. The summed E-state index contributed by atoms with van der Waals surface area (Å²) in [5.74, 6) is 0.533. The van der Waals surface area contributed by atoms with E-state index in [9.17, 15) is 5.11 Å². The number of imidazole rings is 1. The minimum atomic E-state index is -0.177. The normalized spacial score (nSPS) is 17.3. The molecule has 1 unspecified atom stereocenters. The van der Waals surface area contributed by atoms with Crippen LogP contribution in [0.25, 0.3) is 5.65 Å². The number of fused-ring (bicyclic) bond motifs is 1. The molecule has 0 radical (unpaired) electrons. The van der Waals surface area contributed by atoms with Gasteiger partial charge < -0.3 is 9.51 Å². The van der Waals surface area contributed by atoms with Crippen molar-refractivity contribution in [2.24, 2.45) is 5.92 Å². The molecule has 1 N–H and O–H groups in total. The van der Waals surface area contributed by atoms with Crippen LogP contribution in [-0.2, 0) is 6.54 Å². The fraction of sp³-hybridized carbons (Fsp3) is 0.533. The largest absolute Gasteiger partial charge is 0.392 e. The van der Waals surface area contributed by atoms with Crippen LogP contribution in [0.4, 0.5) is 0 Å². The molecule has 3 rings (SSSR count). The minimum absolute atomic E-state index is 0.177. The molecule has 2 aromatic heterocycles. The average molecular weight is 259 g/mol. The molecule has 1 aliphatic rings. The molecule has 1 aliphatic carbocycles.